The third-order valence-electron chi connectivity index (χ3n) is 4.78. The molecule has 3 nitrogen and oxygen atoms in total. The van der Waals surface area contributed by atoms with E-state index in [2.05, 4.69) is 5.32 Å². The summed E-state index contributed by atoms with van der Waals surface area (Å²) in [5.74, 6) is -0.129. The van der Waals surface area contributed by atoms with Crippen LogP contribution in [0.3, 0.4) is 0 Å². The zero-order valence-electron chi connectivity index (χ0n) is 15.4. The number of benzene rings is 3. The molecule has 4 aromatic rings. The van der Waals surface area contributed by atoms with E-state index in [1.807, 2.05) is 85.8 Å². The highest BCUT2D eigenvalue weighted by Crippen LogP contribution is 2.30. The maximum atomic E-state index is 13.0. The molecule has 0 atom stereocenters. The van der Waals surface area contributed by atoms with Gasteiger partial charge in [0.15, 0.2) is 0 Å². The van der Waals surface area contributed by atoms with Gasteiger partial charge in [-0.05, 0) is 30.2 Å². The fraction of sp³-hybridized carbons (Fsp3) is 0.0833. The second kappa shape index (κ2) is 7.83. The van der Waals surface area contributed by atoms with Gasteiger partial charge in [0, 0.05) is 22.5 Å². The van der Waals surface area contributed by atoms with Gasteiger partial charge in [-0.2, -0.15) is 0 Å². The zero-order valence-corrected chi connectivity index (χ0v) is 16.2. The van der Waals surface area contributed by atoms with Crippen LogP contribution in [-0.4, -0.2) is 10.9 Å². The Labute approximate surface area is 169 Å². The van der Waals surface area contributed by atoms with Crippen molar-refractivity contribution in [1.82, 2.24) is 10.3 Å². The lowest BCUT2D eigenvalue weighted by molar-refractivity contribution is 0.0952. The fourth-order valence-corrected chi connectivity index (χ4v) is 3.37. The molecule has 0 saturated carbocycles. The summed E-state index contributed by atoms with van der Waals surface area (Å²) in [6, 6.07) is 25.2. The Morgan fingerprint density at radius 2 is 1.64 bits per heavy atom. The molecule has 0 radical (unpaired) electrons. The van der Waals surface area contributed by atoms with Crippen LogP contribution in [0.2, 0.25) is 5.02 Å². The van der Waals surface area contributed by atoms with Crippen LogP contribution in [0, 0.1) is 6.92 Å². The van der Waals surface area contributed by atoms with Crippen LogP contribution in [0.25, 0.3) is 22.2 Å². The summed E-state index contributed by atoms with van der Waals surface area (Å²) >= 11 is 6.32. The molecule has 138 valence electrons. The van der Waals surface area contributed by atoms with E-state index in [0.29, 0.717) is 17.1 Å². The third-order valence-corrected chi connectivity index (χ3v) is 5.19. The minimum Gasteiger partial charge on any atom is -0.348 e. The maximum absolute atomic E-state index is 13.0. The van der Waals surface area contributed by atoms with Crippen LogP contribution in [-0.2, 0) is 6.54 Å². The molecule has 0 unspecified atom stereocenters. The molecule has 4 heteroatoms. The van der Waals surface area contributed by atoms with Gasteiger partial charge >= 0.3 is 0 Å². The lowest BCUT2D eigenvalue weighted by atomic mass is 10.0. The first-order valence-electron chi connectivity index (χ1n) is 9.11. The SMILES string of the molecule is Cc1c(Cl)ccc2c(C(=O)NCc3ccccc3)cc(-c3ccccc3)nc12. The van der Waals surface area contributed by atoms with Gasteiger partial charge in [0.05, 0.1) is 16.8 Å². The van der Waals surface area contributed by atoms with Gasteiger partial charge in [-0.3, -0.25) is 4.79 Å². The minimum atomic E-state index is -0.129. The molecule has 0 aliphatic rings. The van der Waals surface area contributed by atoms with Crippen molar-refractivity contribution in [2.45, 2.75) is 13.5 Å². The third kappa shape index (κ3) is 3.62. The standard InChI is InChI=1S/C24H19ClN2O/c1-16-21(25)13-12-19-20(24(28)26-15-17-8-4-2-5-9-17)14-22(27-23(16)19)18-10-6-3-7-11-18/h2-14H,15H2,1H3,(H,26,28). The van der Waals surface area contributed by atoms with Gasteiger partial charge in [0.1, 0.15) is 0 Å². The van der Waals surface area contributed by atoms with Crippen molar-refractivity contribution in [2.75, 3.05) is 0 Å². The zero-order chi connectivity index (χ0) is 19.5. The first-order chi connectivity index (χ1) is 13.6. The van der Waals surface area contributed by atoms with E-state index >= 15 is 0 Å². The van der Waals surface area contributed by atoms with Crippen molar-refractivity contribution in [1.29, 1.82) is 0 Å². The van der Waals surface area contributed by atoms with Crippen molar-refractivity contribution in [3.8, 4) is 11.3 Å². The van der Waals surface area contributed by atoms with Crippen LogP contribution >= 0.6 is 11.6 Å². The average molecular weight is 387 g/mol. The van der Waals surface area contributed by atoms with Crippen LogP contribution < -0.4 is 5.32 Å². The molecule has 1 N–H and O–H groups in total. The quantitative estimate of drug-likeness (QED) is 0.482. The van der Waals surface area contributed by atoms with Gasteiger partial charge in [0.2, 0.25) is 0 Å². The second-order valence-corrected chi connectivity index (χ2v) is 7.07. The van der Waals surface area contributed by atoms with E-state index in [1.165, 1.54) is 0 Å². The number of nitrogens with zero attached hydrogens (tertiary/aromatic N) is 1. The highest BCUT2D eigenvalue weighted by molar-refractivity contribution is 6.32. The number of rotatable bonds is 4. The van der Waals surface area contributed by atoms with Crippen LogP contribution in [0.1, 0.15) is 21.5 Å². The largest absolute Gasteiger partial charge is 0.348 e. The van der Waals surface area contributed by atoms with Gasteiger partial charge in [0.25, 0.3) is 5.91 Å². The van der Waals surface area contributed by atoms with Crippen molar-refractivity contribution >= 4 is 28.4 Å². The lowest BCUT2D eigenvalue weighted by Gasteiger charge is -2.13. The first-order valence-corrected chi connectivity index (χ1v) is 9.48. The number of pyridine rings is 1. The Hall–Kier alpha value is -3.17. The molecule has 4 rings (SSSR count). The summed E-state index contributed by atoms with van der Waals surface area (Å²) in [5, 5.41) is 4.46. The number of nitrogens with one attached hydrogen (secondary N) is 1. The Morgan fingerprint density at radius 1 is 0.964 bits per heavy atom. The number of hydrogen-bond donors (Lipinski definition) is 1. The highest BCUT2D eigenvalue weighted by atomic mass is 35.5. The predicted molar refractivity (Wildman–Crippen MR) is 115 cm³/mol. The van der Waals surface area contributed by atoms with E-state index in [9.17, 15) is 4.79 Å². The Kier molecular flexibility index (Phi) is 5.09. The van der Waals surface area contributed by atoms with E-state index < -0.39 is 0 Å². The molecule has 0 aliphatic heterocycles. The van der Waals surface area contributed by atoms with Gasteiger partial charge in [-0.15, -0.1) is 0 Å². The number of fused-ring (bicyclic) bond motifs is 1. The number of halogens is 1. The smallest absolute Gasteiger partial charge is 0.252 e. The predicted octanol–water partition coefficient (Wildman–Crippen LogP) is 5.79. The van der Waals surface area contributed by atoms with E-state index in [4.69, 9.17) is 16.6 Å². The topological polar surface area (TPSA) is 42.0 Å². The van der Waals surface area contributed by atoms with Crippen LogP contribution in [0.5, 0.6) is 0 Å². The van der Waals surface area contributed by atoms with Crippen LogP contribution in [0.15, 0.2) is 78.9 Å². The number of carbonyl (C=O) groups is 1. The molecular formula is C24H19ClN2O. The van der Waals surface area contributed by atoms with Gasteiger partial charge < -0.3 is 5.32 Å². The van der Waals surface area contributed by atoms with Crippen LogP contribution in [0.4, 0.5) is 0 Å². The number of hydrogen-bond acceptors (Lipinski definition) is 2. The second-order valence-electron chi connectivity index (χ2n) is 6.66. The van der Waals surface area contributed by atoms with E-state index in [1.54, 1.807) is 0 Å². The molecule has 1 aromatic heterocycles. The van der Waals surface area contributed by atoms with Gasteiger partial charge in [-0.1, -0.05) is 78.3 Å². The molecule has 0 saturated heterocycles. The summed E-state index contributed by atoms with van der Waals surface area (Å²) in [6.45, 7) is 2.40. The summed E-state index contributed by atoms with van der Waals surface area (Å²) in [7, 11) is 0. The Balaban J connectivity index is 1.79. The maximum Gasteiger partial charge on any atom is 0.252 e. The number of amides is 1. The number of aromatic nitrogens is 1. The van der Waals surface area contributed by atoms with Crippen molar-refractivity contribution in [3.05, 3.63) is 101 Å². The first kappa shape index (κ1) is 18.2. The normalized spacial score (nSPS) is 10.8. The molecule has 3 aromatic carbocycles. The Morgan fingerprint density at radius 3 is 2.36 bits per heavy atom. The molecular weight excluding hydrogens is 368 g/mol. The summed E-state index contributed by atoms with van der Waals surface area (Å²) in [5.41, 5.74) is 4.98. The molecule has 1 amide bonds. The molecule has 1 heterocycles. The van der Waals surface area contributed by atoms with Gasteiger partial charge in [-0.25, -0.2) is 4.98 Å². The molecule has 28 heavy (non-hydrogen) atoms. The summed E-state index contributed by atoms with van der Waals surface area (Å²) in [4.78, 5) is 17.8. The summed E-state index contributed by atoms with van der Waals surface area (Å²) in [6.07, 6.45) is 0. The summed E-state index contributed by atoms with van der Waals surface area (Å²) < 4.78 is 0. The average Bonchev–Trinajstić information content (AvgIpc) is 2.75. The Bertz CT molecular complexity index is 1140. The highest BCUT2D eigenvalue weighted by Gasteiger charge is 2.16. The van der Waals surface area contributed by atoms with E-state index in [0.717, 1.165) is 33.3 Å². The lowest BCUT2D eigenvalue weighted by Crippen LogP contribution is -2.23. The minimum absolute atomic E-state index is 0.129. The molecule has 0 fully saturated rings. The van der Waals surface area contributed by atoms with Crippen molar-refractivity contribution < 1.29 is 4.79 Å². The molecule has 0 spiro atoms. The number of carbonyl (C=O) groups excluding carboxylic acids is 1. The van der Waals surface area contributed by atoms with E-state index in [-0.39, 0.29) is 5.91 Å². The monoisotopic (exact) mass is 386 g/mol. The van der Waals surface area contributed by atoms with Crippen molar-refractivity contribution in [2.24, 2.45) is 0 Å². The number of aryl methyl sites for hydroxylation is 1. The molecule has 0 bridgehead atoms. The molecule has 0 aliphatic carbocycles. The van der Waals surface area contributed by atoms with Crippen molar-refractivity contribution in [3.63, 3.8) is 0 Å². The fourth-order valence-electron chi connectivity index (χ4n) is 3.22.